The van der Waals surface area contributed by atoms with Gasteiger partial charge in [0.05, 0.1) is 4.92 Å². The minimum Gasteiger partial charge on any atom is -0.350 e. The fourth-order valence-corrected chi connectivity index (χ4v) is 1.89. The van der Waals surface area contributed by atoms with E-state index < -0.39 is 4.92 Å². The van der Waals surface area contributed by atoms with E-state index in [1.165, 1.54) is 25.1 Å². The van der Waals surface area contributed by atoms with Crippen LogP contribution in [0.25, 0.3) is 0 Å². The summed E-state index contributed by atoms with van der Waals surface area (Å²) in [6, 6.07) is 11.1. The number of amides is 1. The average molecular weight is 306 g/mol. The van der Waals surface area contributed by atoms with E-state index in [1.807, 2.05) is 0 Å². The van der Waals surface area contributed by atoms with Gasteiger partial charge in [0.15, 0.2) is 0 Å². The molecule has 0 unspecified atom stereocenters. The fourth-order valence-electron chi connectivity index (χ4n) is 1.77. The van der Waals surface area contributed by atoms with Crippen molar-refractivity contribution >= 4 is 40.3 Å². The fraction of sp³-hybridized carbons (Fsp3) is 0.0714. The molecule has 2 N–H and O–H groups in total. The van der Waals surface area contributed by atoms with Gasteiger partial charge in [0, 0.05) is 29.4 Å². The number of rotatable bonds is 4. The highest BCUT2D eigenvalue weighted by molar-refractivity contribution is 6.30. The summed E-state index contributed by atoms with van der Waals surface area (Å²) < 4.78 is 0. The van der Waals surface area contributed by atoms with Gasteiger partial charge in [-0.1, -0.05) is 11.6 Å². The van der Waals surface area contributed by atoms with Crippen molar-refractivity contribution in [2.45, 2.75) is 6.92 Å². The minimum atomic E-state index is -0.490. The first kappa shape index (κ1) is 14.8. The Bertz CT molecular complexity index is 686. The maximum atomic E-state index is 11.1. The van der Waals surface area contributed by atoms with E-state index in [9.17, 15) is 14.9 Å². The molecule has 2 aromatic rings. The molecule has 0 aliphatic rings. The summed E-state index contributed by atoms with van der Waals surface area (Å²) in [5, 5.41) is 17.2. The molecule has 0 spiro atoms. The third-order valence-corrected chi connectivity index (χ3v) is 2.89. The van der Waals surface area contributed by atoms with E-state index in [4.69, 9.17) is 11.6 Å². The van der Waals surface area contributed by atoms with Crippen LogP contribution in [0.4, 0.5) is 22.7 Å². The van der Waals surface area contributed by atoms with Gasteiger partial charge >= 0.3 is 0 Å². The second-order valence-corrected chi connectivity index (χ2v) is 4.74. The molecule has 0 saturated heterocycles. The second kappa shape index (κ2) is 6.23. The number of nitro benzene ring substituents is 1. The highest BCUT2D eigenvalue weighted by Crippen LogP contribution is 2.30. The smallest absolute Gasteiger partial charge is 0.292 e. The maximum absolute atomic E-state index is 11.1. The molecule has 0 bridgehead atoms. The summed E-state index contributed by atoms with van der Waals surface area (Å²) in [6.07, 6.45) is 0. The van der Waals surface area contributed by atoms with Gasteiger partial charge in [0.1, 0.15) is 5.69 Å². The molecule has 0 atom stereocenters. The predicted molar refractivity (Wildman–Crippen MR) is 82.1 cm³/mol. The van der Waals surface area contributed by atoms with E-state index >= 15 is 0 Å². The topological polar surface area (TPSA) is 84.3 Å². The van der Waals surface area contributed by atoms with Gasteiger partial charge < -0.3 is 10.6 Å². The van der Waals surface area contributed by atoms with Crippen molar-refractivity contribution in [1.29, 1.82) is 0 Å². The lowest BCUT2D eigenvalue weighted by Crippen LogP contribution is -2.06. The third kappa shape index (κ3) is 3.93. The van der Waals surface area contributed by atoms with Crippen molar-refractivity contribution < 1.29 is 9.72 Å². The number of carbonyl (C=O) groups is 1. The SMILES string of the molecule is CC(=O)Nc1ccc([N+](=O)[O-])c(Nc2ccc(Cl)cc2)c1. The van der Waals surface area contributed by atoms with E-state index in [2.05, 4.69) is 10.6 Å². The van der Waals surface area contributed by atoms with Crippen molar-refractivity contribution in [3.8, 4) is 0 Å². The first-order valence-electron chi connectivity index (χ1n) is 6.04. The number of halogens is 1. The van der Waals surface area contributed by atoms with Crippen LogP contribution < -0.4 is 10.6 Å². The largest absolute Gasteiger partial charge is 0.350 e. The van der Waals surface area contributed by atoms with Gasteiger partial charge in [-0.05, 0) is 36.4 Å². The van der Waals surface area contributed by atoms with Crippen molar-refractivity contribution in [1.82, 2.24) is 0 Å². The number of hydrogen-bond acceptors (Lipinski definition) is 4. The third-order valence-electron chi connectivity index (χ3n) is 2.64. The first-order chi connectivity index (χ1) is 9.95. The van der Waals surface area contributed by atoms with Crippen LogP contribution in [0.15, 0.2) is 42.5 Å². The molecule has 0 fully saturated rings. The van der Waals surface area contributed by atoms with Gasteiger partial charge in [0.2, 0.25) is 5.91 Å². The maximum Gasteiger partial charge on any atom is 0.292 e. The molecule has 0 saturated carbocycles. The Morgan fingerprint density at radius 3 is 2.33 bits per heavy atom. The summed E-state index contributed by atoms with van der Waals surface area (Å²) >= 11 is 5.80. The van der Waals surface area contributed by atoms with Crippen LogP contribution in [0.5, 0.6) is 0 Å². The van der Waals surface area contributed by atoms with Crippen LogP contribution in [0.2, 0.25) is 5.02 Å². The zero-order valence-electron chi connectivity index (χ0n) is 11.1. The highest BCUT2D eigenvalue weighted by atomic mass is 35.5. The molecule has 0 aliphatic carbocycles. The normalized spacial score (nSPS) is 10.0. The molecule has 2 aromatic carbocycles. The Morgan fingerprint density at radius 1 is 1.14 bits per heavy atom. The molecule has 2 rings (SSSR count). The summed E-state index contributed by atoms with van der Waals surface area (Å²) in [6.45, 7) is 1.37. The van der Waals surface area contributed by atoms with Crippen LogP contribution >= 0.6 is 11.6 Å². The van der Waals surface area contributed by atoms with Gasteiger partial charge in [-0.25, -0.2) is 0 Å². The minimum absolute atomic E-state index is 0.0842. The molecule has 1 amide bonds. The Kier molecular flexibility index (Phi) is 4.39. The van der Waals surface area contributed by atoms with Crippen LogP contribution in [-0.4, -0.2) is 10.8 Å². The number of hydrogen-bond donors (Lipinski definition) is 2. The van der Waals surface area contributed by atoms with Crippen LogP contribution in [-0.2, 0) is 4.79 Å². The van der Waals surface area contributed by atoms with E-state index in [0.717, 1.165) is 0 Å². The summed E-state index contributed by atoms with van der Waals surface area (Å²) in [7, 11) is 0. The Morgan fingerprint density at radius 2 is 1.76 bits per heavy atom. The predicted octanol–water partition coefficient (Wildman–Crippen LogP) is 3.95. The van der Waals surface area contributed by atoms with Crippen LogP contribution in [0.3, 0.4) is 0 Å². The molecule has 108 valence electrons. The van der Waals surface area contributed by atoms with E-state index in [1.54, 1.807) is 24.3 Å². The molecular weight excluding hydrogens is 294 g/mol. The lowest BCUT2D eigenvalue weighted by Gasteiger charge is -2.09. The molecule has 0 radical (unpaired) electrons. The Labute approximate surface area is 125 Å². The molecule has 0 aromatic heterocycles. The van der Waals surface area contributed by atoms with Crippen molar-refractivity contribution in [3.05, 3.63) is 57.6 Å². The monoisotopic (exact) mass is 305 g/mol. The van der Waals surface area contributed by atoms with Gasteiger partial charge in [-0.2, -0.15) is 0 Å². The van der Waals surface area contributed by atoms with Crippen molar-refractivity contribution in [3.63, 3.8) is 0 Å². The van der Waals surface area contributed by atoms with E-state index in [-0.39, 0.29) is 17.3 Å². The van der Waals surface area contributed by atoms with Crippen LogP contribution in [0, 0.1) is 10.1 Å². The number of anilines is 3. The van der Waals surface area contributed by atoms with Crippen molar-refractivity contribution in [2.24, 2.45) is 0 Å². The van der Waals surface area contributed by atoms with Gasteiger partial charge in [0.25, 0.3) is 5.69 Å². The molecule has 6 nitrogen and oxygen atoms in total. The first-order valence-corrected chi connectivity index (χ1v) is 6.42. The van der Waals surface area contributed by atoms with Gasteiger partial charge in [-0.15, -0.1) is 0 Å². The lowest BCUT2D eigenvalue weighted by atomic mass is 10.2. The second-order valence-electron chi connectivity index (χ2n) is 4.30. The summed E-state index contributed by atoms with van der Waals surface area (Å²) in [4.78, 5) is 21.6. The highest BCUT2D eigenvalue weighted by Gasteiger charge is 2.14. The zero-order chi connectivity index (χ0) is 15.4. The Balaban J connectivity index is 2.35. The molecule has 0 heterocycles. The summed E-state index contributed by atoms with van der Waals surface area (Å²) in [5.74, 6) is -0.249. The number of benzene rings is 2. The quantitative estimate of drug-likeness (QED) is 0.661. The average Bonchev–Trinajstić information content (AvgIpc) is 2.40. The molecular formula is C14H12ClN3O3. The summed E-state index contributed by atoms with van der Waals surface area (Å²) in [5.41, 5.74) is 1.33. The lowest BCUT2D eigenvalue weighted by molar-refractivity contribution is -0.383. The zero-order valence-corrected chi connectivity index (χ0v) is 11.8. The molecule has 7 heteroatoms. The number of carbonyl (C=O) groups excluding carboxylic acids is 1. The Hall–Kier alpha value is -2.60. The number of nitrogens with one attached hydrogen (secondary N) is 2. The van der Waals surface area contributed by atoms with E-state index in [0.29, 0.717) is 16.4 Å². The number of nitro groups is 1. The number of nitrogens with zero attached hydrogens (tertiary/aromatic N) is 1. The van der Waals surface area contributed by atoms with Gasteiger partial charge in [-0.3, -0.25) is 14.9 Å². The standard InChI is InChI=1S/C14H12ClN3O3/c1-9(19)16-12-6-7-14(18(20)21)13(8-12)17-11-4-2-10(15)3-5-11/h2-8,17H,1H3,(H,16,19). The molecule has 21 heavy (non-hydrogen) atoms. The molecule has 0 aliphatic heterocycles. The van der Waals surface area contributed by atoms with Crippen molar-refractivity contribution in [2.75, 3.05) is 10.6 Å². The van der Waals surface area contributed by atoms with Crippen LogP contribution in [0.1, 0.15) is 6.92 Å².